The van der Waals surface area contributed by atoms with Gasteiger partial charge in [-0.2, -0.15) is 0 Å². The second-order valence-electron chi connectivity index (χ2n) is 6.43. The quantitative estimate of drug-likeness (QED) is 0.763. The van der Waals surface area contributed by atoms with E-state index in [1.54, 1.807) is 11.0 Å². The molecule has 5 nitrogen and oxygen atoms in total. The number of rotatable bonds is 9. The van der Waals surface area contributed by atoms with Crippen LogP contribution in [0.1, 0.15) is 50.9 Å². The molecule has 0 unspecified atom stereocenters. The molecule has 0 aromatic carbocycles. The summed E-state index contributed by atoms with van der Waals surface area (Å²) >= 11 is 0. The molecule has 124 valence electrons. The topological polar surface area (TPSA) is 62.6 Å². The van der Waals surface area contributed by atoms with Crippen molar-refractivity contribution < 1.29 is 14.0 Å². The zero-order valence-corrected chi connectivity index (χ0v) is 14.1. The first-order chi connectivity index (χ1) is 10.4. The molecule has 0 atom stereocenters. The Hall–Kier alpha value is -1.78. The molecule has 0 spiro atoms. The van der Waals surface area contributed by atoms with E-state index in [0.29, 0.717) is 43.5 Å². The molecule has 1 heterocycles. The average Bonchev–Trinajstić information content (AvgIpc) is 2.98. The zero-order chi connectivity index (χ0) is 16.5. The van der Waals surface area contributed by atoms with Crippen LogP contribution in [0.25, 0.3) is 0 Å². The standard InChI is InChI=1S/C17H28N2O3/c1-13(2)5-8-19(17(21)15-7-10-22-12-15)9-6-16(20)18-11-14(3)4/h7,10,12-14H,5-6,8-9,11H2,1-4H3,(H,18,20). The Labute approximate surface area is 133 Å². The number of furan rings is 1. The maximum absolute atomic E-state index is 12.4. The molecule has 1 N–H and O–H groups in total. The van der Waals surface area contributed by atoms with E-state index in [9.17, 15) is 9.59 Å². The minimum atomic E-state index is -0.0777. The zero-order valence-electron chi connectivity index (χ0n) is 14.1. The normalized spacial score (nSPS) is 11.0. The van der Waals surface area contributed by atoms with Gasteiger partial charge in [0.15, 0.2) is 0 Å². The Morgan fingerprint density at radius 3 is 2.45 bits per heavy atom. The first kappa shape index (κ1) is 18.3. The minimum Gasteiger partial charge on any atom is -0.472 e. The maximum atomic E-state index is 12.4. The van der Waals surface area contributed by atoms with Crippen molar-refractivity contribution in [1.82, 2.24) is 10.2 Å². The Kier molecular flexibility index (Phi) is 7.71. The third kappa shape index (κ3) is 6.78. The second kappa shape index (κ2) is 9.28. The molecule has 0 radical (unpaired) electrons. The highest BCUT2D eigenvalue weighted by molar-refractivity contribution is 5.94. The lowest BCUT2D eigenvalue weighted by Gasteiger charge is -2.23. The number of carbonyl (C=O) groups excluding carboxylic acids is 2. The van der Waals surface area contributed by atoms with Gasteiger partial charge in [-0.1, -0.05) is 27.7 Å². The summed E-state index contributed by atoms with van der Waals surface area (Å²) in [6, 6.07) is 1.66. The fraction of sp³-hybridized carbons (Fsp3) is 0.647. The number of nitrogens with one attached hydrogen (secondary N) is 1. The largest absolute Gasteiger partial charge is 0.472 e. The molecule has 5 heteroatoms. The summed E-state index contributed by atoms with van der Waals surface area (Å²) in [5.41, 5.74) is 0.534. The summed E-state index contributed by atoms with van der Waals surface area (Å²) in [5, 5.41) is 2.88. The molecule has 0 aliphatic rings. The van der Waals surface area contributed by atoms with Crippen LogP contribution in [0, 0.1) is 11.8 Å². The van der Waals surface area contributed by atoms with Crippen LogP contribution < -0.4 is 5.32 Å². The molecule has 1 rings (SSSR count). The molecule has 0 saturated heterocycles. The average molecular weight is 308 g/mol. The van der Waals surface area contributed by atoms with Crippen molar-refractivity contribution in [3.8, 4) is 0 Å². The molecule has 1 aromatic heterocycles. The van der Waals surface area contributed by atoms with E-state index in [-0.39, 0.29) is 11.8 Å². The van der Waals surface area contributed by atoms with Crippen LogP contribution in [0.5, 0.6) is 0 Å². The lowest BCUT2D eigenvalue weighted by atomic mass is 10.1. The van der Waals surface area contributed by atoms with Gasteiger partial charge in [-0.15, -0.1) is 0 Å². The van der Waals surface area contributed by atoms with Crippen LogP contribution >= 0.6 is 0 Å². The molecular weight excluding hydrogens is 280 g/mol. The van der Waals surface area contributed by atoms with Gasteiger partial charge in [-0.3, -0.25) is 9.59 Å². The van der Waals surface area contributed by atoms with Gasteiger partial charge in [-0.25, -0.2) is 0 Å². The van der Waals surface area contributed by atoms with Crippen molar-refractivity contribution in [2.24, 2.45) is 11.8 Å². The number of hydrogen-bond acceptors (Lipinski definition) is 3. The Balaban J connectivity index is 2.54. The number of hydrogen-bond donors (Lipinski definition) is 1. The molecule has 1 aromatic rings. The molecule has 0 aliphatic carbocycles. The number of nitrogens with zero attached hydrogens (tertiary/aromatic N) is 1. The van der Waals surface area contributed by atoms with Gasteiger partial charge in [-0.05, 0) is 24.3 Å². The number of carbonyl (C=O) groups is 2. The van der Waals surface area contributed by atoms with Crippen LogP contribution in [0.4, 0.5) is 0 Å². The summed E-state index contributed by atoms with van der Waals surface area (Å²) in [6.45, 7) is 10.1. The molecule has 0 bridgehead atoms. The summed E-state index contributed by atoms with van der Waals surface area (Å²) in [6.07, 6.45) is 4.18. The van der Waals surface area contributed by atoms with Gasteiger partial charge in [0.05, 0.1) is 11.8 Å². The molecule has 2 amide bonds. The Morgan fingerprint density at radius 1 is 1.18 bits per heavy atom. The second-order valence-corrected chi connectivity index (χ2v) is 6.43. The van der Waals surface area contributed by atoms with Gasteiger partial charge in [0.2, 0.25) is 5.91 Å². The van der Waals surface area contributed by atoms with Gasteiger partial charge < -0.3 is 14.6 Å². The maximum Gasteiger partial charge on any atom is 0.257 e. The molecule has 22 heavy (non-hydrogen) atoms. The monoisotopic (exact) mass is 308 g/mol. The fourth-order valence-corrected chi connectivity index (χ4v) is 1.94. The number of amides is 2. The first-order valence-electron chi connectivity index (χ1n) is 7.98. The highest BCUT2D eigenvalue weighted by Crippen LogP contribution is 2.09. The summed E-state index contributed by atoms with van der Waals surface area (Å²) < 4.78 is 4.98. The third-order valence-electron chi connectivity index (χ3n) is 3.35. The van der Waals surface area contributed by atoms with Crippen molar-refractivity contribution in [2.45, 2.75) is 40.5 Å². The van der Waals surface area contributed by atoms with Crippen molar-refractivity contribution in [2.75, 3.05) is 19.6 Å². The third-order valence-corrected chi connectivity index (χ3v) is 3.35. The van der Waals surface area contributed by atoms with Crippen LogP contribution in [-0.4, -0.2) is 36.3 Å². The van der Waals surface area contributed by atoms with Gasteiger partial charge in [0.1, 0.15) is 6.26 Å². The molecule has 0 fully saturated rings. The summed E-state index contributed by atoms with van der Waals surface area (Å²) in [7, 11) is 0. The van der Waals surface area contributed by atoms with E-state index in [2.05, 4.69) is 33.0 Å². The van der Waals surface area contributed by atoms with Gasteiger partial charge in [0, 0.05) is 26.1 Å². The SMILES string of the molecule is CC(C)CCN(CCC(=O)NCC(C)C)C(=O)c1ccoc1. The summed E-state index contributed by atoms with van der Waals surface area (Å²) in [5.74, 6) is 0.845. The van der Waals surface area contributed by atoms with Crippen molar-refractivity contribution >= 4 is 11.8 Å². The lowest BCUT2D eigenvalue weighted by molar-refractivity contribution is -0.121. The Morgan fingerprint density at radius 2 is 1.91 bits per heavy atom. The predicted octanol–water partition coefficient (Wildman–Crippen LogP) is 2.93. The Bertz CT molecular complexity index is 452. The van der Waals surface area contributed by atoms with E-state index >= 15 is 0 Å². The van der Waals surface area contributed by atoms with Gasteiger partial charge >= 0.3 is 0 Å². The van der Waals surface area contributed by atoms with Gasteiger partial charge in [0.25, 0.3) is 5.91 Å². The van der Waals surface area contributed by atoms with Crippen LogP contribution in [0.2, 0.25) is 0 Å². The van der Waals surface area contributed by atoms with Crippen LogP contribution in [0.3, 0.4) is 0 Å². The minimum absolute atomic E-state index is 0.0109. The van der Waals surface area contributed by atoms with E-state index in [1.165, 1.54) is 12.5 Å². The van der Waals surface area contributed by atoms with E-state index < -0.39 is 0 Å². The van der Waals surface area contributed by atoms with Crippen LogP contribution in [0.15, 0.2) is 23.0 Å². The molecule has 0 aliphatic heterocycles. The van der Waals surface area contributed by atoms with E-state index in [1.807, 2.05) is 0 Å². The smallest absolute Gasteiger partial charge is 0.257 e. The van der Waals surface area contributed by atoms with Crippen molar-refractivity contribution in [1.29, 1.82) is 0 Å². The fourth-order valence-electron chi connectivity index (χ4n) is 1.94. The highest BCUT2D eigenvalue weighted by Gasteiger charge is 2.18. The highest BCUT2D eigenvalue weighted by atomic mass is 16.3. The molecular formula is C17H28N2O3. The van der Waals surface area contributed by atoms with Crippen LogP contribution in [-0.2, 0) is 4.79 Å². The molecule has 0 saturated carbocycles. The van der Waals surface area contributed by atoms with E-state index in [4.69, 9.17) is 4.42 Å². The predicted molar refractivity (Wildman–Crippen MR) is 86.5 cm³/mol. The van der Waals surface area contributed by atoms with E-state index in [0.717, 1.165) is 6.42 Å². The first-order valence-corrected chi connectivity index (χ1v) is 7.98. The summed E-state index contributed by atoms with van der Waals surface area (Å²) in [4.78, 5) is 26.0. The van der Waals surface area contributed by atoms with Crippen molar-refractivity contribution in [3.05, 3.63) is 24.2 Å². The lowest BCUT2D eigenvalue weighted by Crippen LogP contribution is -2.37. The van der Waals surface area contributed by atoms with Crippen molar-refractivity contribution in [3.63, 3.8) is 0 Å².